The Morgan fingerprint density at radius 2 is 1.60 bits per heavy atom. The number of hydrogen-bond acceptors (Lipinski definition) is 2. The van der Waals surface area contributed by atoms with Crippen LogP contribution in [0.4, 0.5) is 0 Å². The first-order chi connectivity index (χ1) is 9.58. The van der Waals surface area contributed by atoms with Gasteiger partial charge in [0.25, 0.3) is 0 Å². The monoisotopic (exact) mass is 302 g/mol. The van der Waals surface area contributed by atoms with Crippen molar-refractivity contribution < 1.29 is 0 Å². The molecule has 1 heterocycles. The van der Waals surface area contributed by atoms with Crippen molar-refractivity contribution in [3.8, 4) is 11.4 Å². The standard InChI is InChI=1S/C16H12Cl2N2/c1-9-5-3-4-6-11(9)16-19-14-12(17)8-7-10(2)13(14)15(18)20-16/h3-8H,1-2H3. The van der Waals surface area contributed by atoms with Gasteiger partial charge in [0, 0.05) is 10.9 Å². The highest BCUT2D eigenvalue weighted by Gasteiger charge is 2.13. The van der Waals surface area contributed by atoms with Gasteiger partial charge in [-0.3, -0.25) is 0 Å². The number of halogens is 2. The van der Waals surface area contributed by atoms with Crippen LogP contribution in [0.15, 0.2) is 36.4 Å². The summed E-state index contributed by atoms with van der Waals surface area (Å²) in [6, 6.07) is 11.7. The molecular weight excluding hydrogens is 291 g/mol. The van der Waals surface area contributed by atoms with Crippen LogP contribution in [0.1, 0.15) is 11.1 Å². The number of fused-ring (bicyclic) bond motifs is 1. The van der Waals surface area contributed by atoms with Crippen molar-refractivity contribution in [3.05, 3.63) is 57.7 Å². The maximum Gasteiger partial charge on any atom is 0.161 e. The molecule has 0 aliphatic heterocycles. The molecule has 2 aromatic carbocycles. The smallest absolute Gasteiger partial charge is 0.161 e. The largest absolute Gasteiger partial charge is 0.226 e. The van der Waals surface area contributed by atoms with Crippen molar-refractivity contribution in [1.29, 1.82) is 0 Å². The predicted octanol–water partition coefficient (Wildman–Crippen LogP) is 5.22. The van der Waals surface area contributed by atoms with Crippen LogP contribution in [0.25, 0.3) is 22.3 Å². The minimum absolute atomic E-state index is 0.438. The maximum atomic E-state index is 6.33. The molecule has 4 heteroatoms. The lowest BCUT2D eigenvalue weighted by Crippen LogP contribution is -1.95. The molecule has 0 spiro atoms. The molecule has 0 saturated heterocycles. The Hall–Kier alpha value is -1.64. The van der Waals surface area contributed by atoms with E-state index in [0.717, 1.165) is 22.1 Å². The highest BCUT2D eigenvalue weighted by Crippen LogP contribution is 2.32. The van der Waals surface area contributed by atoms with Crippen molar-refractivity contribution in [3.63, 3.8) is 0 Å². The first kappa shape index (κ1) is 13.3. The summed E-state index contributed by atoms with van der Waals surface area (Å²) in [7, 11) is 0. The fourth-order valence-corrected chi connectivity index (χ4v) is 2.78. The molecule has 3 aromatic rings. The number of hydrogen-bond donors (Lipinski definition) is 0. The van der Waals surface area contributed by atoms with E-state index in [0.29, 0.717) is 21.5 Å². The van der Waals surface area contributed by atoms with Gasteiger partial charge in [0.1, 0.15) is 5.15 Å². The Labute approximate surface area is 127 Å². The average molecular weight is 303 g/mol. The van der Waals surface area contributed by atoms with E-state index in [9.17, 15) is 0 Å². The van der Waals surface area contributed by atoms with Crippen LogP contribution in [0.3, 0.4) is 0 Å². The minimum Gasteiger partial charge on any atom is -0.226 e. The van der Waals surface area contributed by atoms with E-state index in [-0.39, 0.29) is 0 Å². The van der Waals surface area contributed by atoms with Gasteiger partial charge in [0.2, 0.25) is 0 Å². The van der Waals surface area contributed by atoms with Gasteiger partial charge < -0.3 is 0 Å². The lowest BCUT2D eigenvalue weighted by atomic mass is 10.1. The summed E-state index contributed by atoms with van der Waals surface area (Å²) < 4.78 is 0. The van der Waals surface area contributed by atoms with Gasteiger partial charge in [-0.2, -0.15) is 0 Å². The summed E-state index contributed by atoms with van der Waals surface area (Å²) in [5, 5.41) is 1.84. The summed E-state index contributed by atoms with van der Waals surface area (Å²) in [5.41, 5.74) is 3.79. The molecule has 0 aliphatic rings. The van der Waals surface area contributed by atoms with E-state index in [1.165, 1.54) is 0 Å². The lowest BCUT2D eigenvalue weighted by molar-refractivity contribution is 1.21. The molecule has 0 amide bonds. The predicted molar refractivity (Wildman–Crippen MR) is 84.5 cm³/mol. The minimum atomic E-state index is 0.438. The third-order valence-electron chi connectivity index (χ3n) is 3.35. The fourth-order valence-electron chi connectivity index (χ4n) is 2.26. The summed E-state index contributed by atoms with van der Waals surface area (Å²) in [6.07, 6.45) is 0. The van der Waals surface area contributed by atoms with Gasteiger partial charge in [-0.15, -0.1) is 0 Å². The highest BCUT2D eigenvalue weighted by molar-refractivity contribution is 6.38. The van der Waals surface area contributed by atoms with Gasteiger partial charge in [-0.05, 0) is 31.0 Å². The van der Waals surface area contributed by atoms with Crippen molar-refractivity contribution in [1.82, 2.24) is 9.97 Å². The van der Waals surface area contributed by atoms with E-state index in [4.69, 9.17) is 23.2 Å². The summed E-state index contributed by atoms with van der Waals surface area (Å²) in [6.45, 7) is 4.00. The molecule has 0 radical (unpaired) electrons. The van der Waals surface area contributed by atoms with Crippen LogP contribution in [-0.2, 0) is 0 Å². The SMILES string of the molecule is Cc1ccccc1-c1nc(Cl)c2c(C)ccc(Cl)c2n1. The van der Waals surface area contributed by atoms with Crippen molar-refractivity contribution in [2.45, 2.75) is 13.8 Å². The number of benzene rings is 2. The summed E-state index contributed by atoms with van der Waals surface area (Å²) in [4.78, 5) is 9.03. The Kier molecular flexibility index (Phi) is 3.36. The first-order valence-corrected chi connectivity index (χ1v) is 7.02. The number of nitrogens with zero attached hydrogens (tertiary/aromatic N) is 2. The molecule has 100 valence electrons. The molecule has 3 rings (SSSR count). The molecule has 0 saturated carbocycles. The molecule has 0 unspecified atom stereocenters. The topological polar surface area (TPSA) is 25.8 Å². The van der Waals surface area contributed by atoms with E-state index >= 15 is 0 Å². The second-order valence-corrected chi connectivity index (χ2v) is 5.51. The molecule has 2 nitrogen and oxygen atoms in total. The van der Waals surface area contributed by atoms with Crippen LogP contribution >= 0.6 is 23.2 Å². The summed E-state index contributed by atoms with van der Waals surface area (Å²) in [5.74, 6) is 0.605. The van der Waals surface area contributed by atoms with Gasteiger partial charge in [0.05, 0.1) is 10.5 Å². The van der Waals surface area contributed by atoms with Gasteiger partial charge >= 0.3 is 0 Å². The maximum absolute atomic E-state index is 6.33. The zero-order chi connectivity index (χ0) is 14.3. The van der Waals surface area contributed by atoms with Gasteiger partial charge in [-0.1, -0.05) is 53.5 Å². The van der Waals surface area contributed by atoms with E-state index in [2.05, 4.69) is 9.97 Å². The number of rotatable bonds is 1. The quantitative estimate of drug-likeness (QED) is 0.576. The molecular formula is C16H12Cl2N2. The highest BCUT2D eigenvalue weighted by atomic mass is 35.5. The van der Waals surface area contributed by atoms with E-state index < -0.39 is 0 Å². The number of aryl methyl sites for hydroxylation is 2. The zero-order valence-electron chi connectivity index (χ0n) is 11.1. The van der Waals surface area contributed by atoms with E-state index in [1.54, 1.807) is 0 Å². The molecule has 20 heavy (non-hydrogen) atoms. The molecule has 0 N–H and O–H groups in total. The molecule has 0 fully saturated rings. The lowest BCUT2D eigenvalue weighted by Gasteiger charge is -2.09. The average Bonchev–Trinajstić information content (AvgIpc) is 2.43. The van der Waals surface area contributed by atoms with Gasteiger partial charge in [0.15, 0.2) is 5.82 Å². The first-order valence-electron chi connectivity index (χ1n) is 6.26. The van der Waals surface area contributed by atoms with Gasteiger partial charge in [-0.25, -0.2) is 9.97 Å². The Morgan fingerprint density at radius 3 is 2.35 bits per heavy atom. The third kappa shape index (κ3) is 2.15. The van der Waals surface area contributed by atoms with Crippen LogP contribution < -0.4 is 0 Å². The van der Waals surface area contributed by atoms with Crippen LogP contribution in [0.2, 0.25) is 10.2 Å². The zero-order valence-corrected chi connectivity index (χ0v) is 12.6. The Balaban J connectivity index is 2.36. The van der Waals surface area contributed by atoms with E-state index in [1.807, 2.05) is 50.2 Å². The van der Waals surface area contributed by atoms with Crippen LogP contribution in [0.5, 0.6) is 0 Å². The molecule has 1 aromatic heterocycles. The fraction of sp³-hybridized carbons (Fsp3) is 0.125. The van der Waals surface area contributed by atoms with Crippen molar-refractivity contribution >= 4 is 34.1 Å². The van der Waals surface area contributed by atoms with Crippen LogP contribution in [0, 0.1) is 13.8 Å². The second-order valence-electron chi connectivity index (χ2n) is 4.74. The normalized spacial score (nSPS) is 11.0. The van der Waals surface area contributed by atoms with Crippen LogP contribution in [-0.4, -0.2) is 9.97 Å². The summed E-state index contributed by atoms with van der Waals surface area (Å²) >= 11 is 12.6. The molecule has 0 bridgehead atoms. The number of aromatic nitrogens is 2. The second kappa shape index (κ2) is 5.04. The van der Waals surface area contributed by atoms with Crippen molar-refractivity contribution in [2.24, 2.45) is 0 Å². The van der Waals surface area contributed by atoms with Crippen molar-refractivity contribution in [2.75, 3.05) is 0 Å². The Morgan fingerprint density at radius 1 is 0.850 bits per heavy atom. The molecule has 0 aliphatic carbocycles. The molecule has 0 atom stereocenters. The third-order valence-corrected chi connectivity index (χ3v) is 3.93. The Bertz CT molecular complexity index is 813.